The molecule has 19 heavy (non-hydrogen) atoms. The van der Waals surface area contributed by atoms with E-state index in [2.05, 4.69) is 0 Å². The SMILES string of the molecule is O=C(O)C1CSCCN1Cc1ccccc1[N+](=O)[O-]. The van der Waals surface area contributed by atoms with Crippen molar-refractivity contribution in [1.29, 1.82) is 0 Å². The summed E-state index contributed by atoms with van der Waals surface area (Å²) in [6.07, 6.45) is 0. The molecule has 0 bridgehead atoms. The first kappa shape index (κ1) is 13.8. The molecule has 1 fully saturated rings. The number of nitro benzene ring substituents is 1. The number of carboxylic acid groups (broad SMARTS) is 1. The quantitative estimate of drug-likeness (QED) is 0.667. The molecule has 102 valence electrons. The van der Waals surface area contributed by atoms with Crippen LogP contribution in [0.2, 0.25) is 0 Å². The zero-order chi connectivity index (χ0) is 13.8. The van der Waals surface area contributed by atoms with Gasteiger partial charge in [0.2, 0.25) is 0 Å². The van der Waals surface area contributed by atoms with Crippen LogP contribution in [0, 0.1) is 10.1 Å². The number of carbonyl (C=O) groups is 1. The largest absolute Gasteiger partial charge is 0.480 e. The second-order valence-corrected chi connectivity index (χ2v) is 5.44. The van der Waals surface area contributed by atoms with Crippen LogP contribution in [0.25, 0.3) is 0 Å². The fourth-order valence-corrected chi connectivity index (χ4v) is 3.20. The zero-order valence-corrected chi connectivity index (χ0v) is 11.0. The molecule has 2 rings (SSSR count). The van der Waals surface area contributed by atoms with Gasteiger partial charge in [-0.1, -0.05) is 18.2 Å². The maximum Gasteiger partial charge on any atom is 0.321 e. The van der Waals surface area contributed by atoms with Crippen LogP contribution in [-0.2, 0) is 11.3 Å². The van der Waals surface area contributed by atoms with Crippen molar-refractivity contribution in [3.63, 3.8) is 0 Å². The highest BCUT2D eigenvalue weighted by atomic mass is 32.2. The lowest BCUT2D eigenvalue weighted by Gasteiger charge is -2.32. The smallest absolute Gasteiger partial charge is 0.321 e. The Labute approximate surface area is 114 Å². The Morgan fingerprint density at radius 2 is 2.26 bits per heavy atom. The summed E-state index contributed by atoms with van der Waals surface area (Å²) in [5.74, 6) is 0.506. The third-order valence-electron chi connectivity index (χ3n) is 3.09. The Morgan fingerprint density at radius 1 is 1.53 bits per heavy atom. The van der Waals surface area contributed by atoms with Crippen LogP contribution in [0.1, 0.15) is 5.56 Å². The molecule has 1 aliphatic heterocycles. The van der Waals surface area contributed by atoms with E-state index in [1.165, 1.54) is 6.07 Å². The number of nitro groups is 1. The van der Waals surface area contributed by atoms with Crippen molar-refractivity contribution in [2.75, 3.05) is 18.1 Å². The monoisotopic (exact) mass is 282 g/mol. The van der Waals surface area contributed by atoms with Gasteiger partial charge in [0.1, 0.15) is 6.04 Å². The summed E-state index contributed by atoms with van der Waals surface area (Å²) in [7, 11) is 0. The number of para-hydroxylation sites is 1. The molecule has 0 aliphatic carbocycles. The molecule has 1 aromatic rings. The number of carboxylic acids is 1. The summed E-state index contributed by atoms with van der Waals surface area (Å²) >= 11 is 1.60. The Kier molecular flexibility index (Phi) is 4.39. The van der Waals surface area contributed by atoms with Gasteiger partial charge in [0.25, 0.3) is 5.69 Å². The number of rotatable bonds is 4. The average Bonchev–Trinajstić information content (AvgIpc) is 2.39. The molecule has 0 amide bonds. The van der Waals surface area contributed by atoms with E-state index in [9.17, 15) is 20.0 Å². The molecule has 0 aromatic heterocycles. The summed E-state index contributed by atoms with van der Waals surface area (Å²) in [4.78, 5) is 23.5. The summed E-state index contributed by atoms with van der Waals surface area (Å²) in [5, 5.41) is 20.1. The third kappa shape index (κ3) is 3.24. The van der Waals surface area contributed by atoms with E-state index in [1.807, 2.05) is 0 Å². The molecule has 1 heterocycles. The van der Waals surface area contributed by atoms with E-state index in [4.69, 9.17) is 0 Å². The second kappa shape index (κ2) is 6.03. The standard InChI is InChI=1S/C12H14N2O4S/c15-12(16)11-8-19-6-5-13(11)7-9-3-1-2-4-10(9)14(17)18/h1-4,11H,5-8H2,(H,15,16). The van der Waals surface area contributed by atoms with Crippen LogP contribution < -0.4 is 0 Å². The Morgan fingerprint density at radius 3 is 2.95 bits per heavy atom. The van der Waals surface area contributed by atoms with E-state index in [0.717, 1.165) is 5.75 Å². The van der Waals surface area contributed by atoms with E-state index >= 15 is 0 Å². The Bertz CT molecular complexity index is 494. The minimum Gasteiger partial charge on any atom is -0.480 e. The topological polar surface area (TPSA) is 83.7 Å². The van der Waals surface area contributed by atoms with Crippen molar-refractivity contribution in [3.8, 4) is 0 Å². The molecule has 1 atom stereocenters. The van der Waals surface area contributed by atoms with Gasteiger partial charge in [-0.05, 0) is 0 Å². The number of aliphatic carboxylic acids is 1. The zero-order valence-electron chi connectivity index (χ0n) is 10.2. The molecule has 7 heteroatoms. The van der Waals surface area contributed by atoms with Crippen LogP contribution in [0.5, 0.6) is 0 Å². The summed E-state index contributed by atoms with van der Waals surface area (Å²) in [5.41, 5.74) is 0.607. The predicted molar refractivity (Wildman–Crippen MR) is 72.3 cm³/mol. The molecular formula is C12H14N2O4S. The van der Waals surface area contributed by atoms with Gasteiger partial charge < -0.3 is 5.11 Å². The average molecular weight is 282 g/mol. The molecule has 1 N–H and O–H groups in total. The molecule has 6 nitrogen and oxygen atoms in total. The lowest BCUT2D eigenvalue weighted by Crippen LogP contribution is -2.46. The minimum atomic E-state index is -0.870. The van der Waals surface area contributed by atoms with Crippen molar-refractivity contribution in [3.05, 3.63) is 39.9 Å². The van der Waals surface area contributed by atoms with Crippen molar-refractivity contribution < 1.29 is 14.8 Å². The van der Waals surface area contributed by atoms with Gasteiger partial charge in [-0.2, -0.15) is 11.8 Å². The van der Waals surface area contributed by atoms with Gasteiger partial charge >= 0.3 is 5.97 Å². The lowest BCUT2D eigenvalue weighted by atomic mass is 10.1. The second-order valence-electron chi connectivity index (χ2n) is 4.29. The molecule has 0 spiro atoms. The summed E-state index contributed by atoms with van der Waals surface area (Å²) in [6, 6.07) is 5.90. The number of nitrogens with zero attached hydrogens (tertiary/aromatic N) is 2. The first-order chi connectivity index (χ1) is 9.09. The number of hydrogen-bond donors (Lipinski definition) is 1. The predicted octanol–water partition coefficient (Wildman–Crippen LogP) is 1.60. The fourth-order valence-electron chi connectivity index (χ4n) is 2.10. The van der Waals surface area contributed by atoms with Gasteiger partial charge in [-0.15, -0.1) is 0 Å². The minimum absolute atomic E-state index is 0.0462. The number of hydrogen-bond acceptors (Lipinski definition) is 5. The third-order valence-corrected chi connectivity index (χ3v) is 4.11. The van der Waals surface area contributed by atoms with E-state index in [0.29, 0.717) is 24.4 Å². The first-order valence-electron chi connectivity index (χ1n) is 5.86. The highest BCUT2D eigenvalue weighted by Gasteiger charge is 2.30. The molecule has 1 unspecified atom stereocenters. The normalized spacial score (nSPS) is 20.1. The summed E-state index contributed by atoms with van der Waals surface area (Å²) in [6.45, 7) is 0.933. The van der Waals surface area contributed by atoms with Crippen molar-refractivity contribution in [2.45, 2.75) is 12.6 Å². The summed E-state index contributed by atoms with van der Waals surface area (Å²) < 4.78 is 0. The molecule has 0 radical (unpaired) electrons. The van der Waals surface area contributed by atoms with Gasteiger partial charge in [-0.3, -0.25) is 19.8 Å². The van der Waals surface area contributed by atoms with Crippen LogP contribution in [0.3, 0.4) is 0 Å². The molecule has 1 saturated heterocycles. The van der Waals surface area contributed by atoms with E-state index in [1.54, 1.807) is 34.9 Å². The van der Waals surface area contributed by atoms with E-state index < -0.39 is 16.9 Å². The van der Waals surface area contributed by atoms with Gasteiger partial charge in [0.05, 0.1) is 4.92 Å². The van der Waals surface area contributed by atoms with Gasteiger partial charge in [0, 0.05) is 36.2 Å². The van der Waals surface area contributed by atoms with Crippen molar-refractivity contribution >= 4 is 23.4 Å². The van der Waals surface area contributed by atoms with Crippen molar-refractivity contribution in [1.82, 2.24) is 4.90 Å². The Hall–Kier alpha value is -1.60. The highest BCUT2D eigenvalue weighted by molar-refractivity contribution is 7.99. The van der Waals surface area contributed by atoms with Crippen LogP contribution in [-0.4, -0.2) is 45.0 Å². The first-order valence-corrected chi connectivity index (χ1v) is 7.02. The molecule has 0 saturated carbocycles. The van der Waals surface area contributed by atoms with Crippen LogP contribution >= 0.6 is 11.8 Å². The van der Waals surface area contributed by atoms with Crippen molar-refractivity contribution in [2.24, 2.45) is 0 Å². The van der Waals surface area contributed by atoms with Gasteiger partial charge in [-0.25, -0.2) is 0 Å². The molecule has 1 aliphatic rings. The molecule has 1 aromatic carbocycles. The molecular weight excluding hydrogens is 268 g/mol. The maximum absolute atomic E-state index is 11.2. The van der Waals surface area contributed by atoms with Crippen LogP contribution in [0.4, 0.5) is 5.69 Å². The fraction of sp³-hybridized carbons (Fsp3) is 0.417. The number of thioether (sulfide) groups is 1. The lowest BCUT2D eigenvalue weighted by molar-refractivity contribution is -0.385. The highest BCUT2D eigenvalue weighted by Crippen LogP contribution is 2.24. The maximum atomic E-state index is 11.2. The number of benzene rings is 1. The Balaban J connectivity index is 2.19. The van der Waals surface area contributed by atoms with Gasteiger partial charge in [0.15, 0.2) is 0 Å². The van der Waals surface area contributed by atoms with Crippen LogP contribution in [0.15, 0.2) is 24.3 Å². The van der Waals surface area contributed by atoms with E-state index in [-0.39, 0.29) is 5.69 Å².